The van der Waals surface area contributed by atoms with E-state index in [-0.39, 0.29) is 5.91 Å². The summed E-state index contributed by atoms with van der Waals surface area (Å²) in [5.41, 5.74) is 3.42. The Morgan fingerprint density at radius 3 is 2.43 bits per heavy atom. The summed E-state index contributed by atoms with van der Waals surface area (Å²) in [7, 11) is -1.08. The van der Waals surface area contributed by atoms with Gasteiger partial charge in [-0.05, 0) is 61.0 Å². The zero-order chi connectivity index (χ0) is 20.7. The number of anilines is 1. The molecule has 0 saturated carbocycles. The molecule has 0 spiro atoms. The van der Waals surface area contributed by atoms with Gasteiger partial charge in [0, 0.05) is 45.0 Å². The van der Waals surface area contributed by atoms with Gasteiger partial charge in [-0.15, -0.1) is 0 Å². The Balaban J connectivity index is 0.00000136. The van der Waals surface area contributed by atoms with Gasteiger partial charge in [-0.25, -0.2) is 0 Å². The lowest BCUT2D eigenvalue weighted by molar-refractivity contribution is 0.102. The molecule has 0 bridgehead atoms. The Bertz CT molecular complexity index is 991. The van der Waals surface area contributed by atoms with Crippen molar-refractivity contribution in [3.63, 3.8) is 0 Å². The molecule has 3 rings (SSSR count). The number of nitrogens with zero attached hydrogens (tertiary/aromatic N) is 1. The highest BCUT2D eigenvalue weighted by Gasteiger charge is 2.12. The van der Waals surface area contributed by atoms with E-state index in [4.69, 9.17) is 11.6 Å². The minimum atomic E-state index is -1.08. The maximum atomic E-state index is 12.6. The summed E-state index contributed by atoms with van der Waals surface area (Å²) >= 11 is 6.28. The minimum Gasteiger partial charge on any atom is -0.322 e. The molecule has 0 aliphatic heterocycles. The molecule has 4 nitrogen and oxygen atoms in total. The Morgan fingerprint density at radius 1 is 1.07 bits per heavy atom. The number of nitrogens with one attached hydrogen (secondary N) is 1. The molecule has 3 aromatic rings. The van der Waals surface area contributed by atoms with Crippen molar-refractivity contribution in [1.82, 2.24) is 4.98 Å². The van der Waals surface area contributed by atoms with Gasteiger partial charge in [-0.3, -0.25) is 14.0 Å². The highest BCUT2D eigenvalue weighted by Crippen LogP contribution is 2.29. The molecule has 0 radical (unpaired) electrons. The quantitative estimate of drug-likeness (QED) is 0.593. The van der Waals surface area contributed by atoms with Crippen molar-refractivity contribution >= 4 is 34.0 Å². The third-order valence-corrected chi connectivity index (χ3v) is 5.19. The van der Waals surface area contributed by atoms with E-state index in [0.29, 0.717) is 21.2 Å². The first-order chi connectivity index (χ1) is 13.5. The van der Waals surface area contributed by atoms with Crippen molar-refractivity contribution in [2.75, 3.05) is 11.6 Å². The van der Waals surface area contributed by atoms with Crippen molar-refractivity contribution in [2.24, 2.45) is 0 Å². The highest BCUT2D eigenvalue weighted by molar-refractivity contribution is 7.84. The maximum absolute atomic E-state index is 12.6. The number of aromatic nitrogens is 1. The molecule has 1 atom stereocenters. The number of carbonyl (C=O) groups excluding carboxylic acids is 1. The van der Waals surface area contributed by atoms with E-state index in [0.717, 1.165) is 16.8 Å². The molecule has 28 heavy (non-hydrogen) atoms. The Labute approximate surface area is 173 Å². The highest BCUT2D eigenvalue weighted by atomic mass is 35.5. The van der Waals surface area contributed by atoms with Crippen molar-refractivity contribution in [2.45, 2.75) is 25.7 Å². The van der Waals surface area contributed by atoms with Gasteiger partial charge in [-0.2, -0.15) is 0 Å². The van der Waals surface area contributed by atoms with E-state index in [1.54, 1.807) is 48.9 Å². The Kier molecular flexibility index (Phi) is 7.91. The smallest absolute Gasteiger partial charge is 0.255 e. The van der Waals surface area contributed by atoms with Crippen LogP contribution >= 0.6 is 11.6 Å². The normalized spacial score (nSPS) is 11.2. The van der Waals surface area contributed by atoms with Crippen LogP contribution in [0.3, 0.4) is 0 Å². The minimum absolute atomic E-state index is 0.231. The second-order valence-corrected chi connectivity index (χ2v) is 7.58. The van der Waals surface area contributed by atoms with Crippen LogP contribution in [0.15, 0.2) is 65.7 Å². The Hall–Kier alpha value is -2.50. The van der Waals surface area contributed by atoms with Crippen LogP contribution in [0.4, 0.5) is 5.69 Å². The Morgan fingerprint density at radius 2 is 1.82 bits per heavy atom. The molecule has 1 heterocycles. The number of hydrogen-bond acceptors (Lipinski definition) is 3. The molecule has 0 aliphatic carbocycles. The van der Waals surface area contributed by atoms with Crippen LogP contribution in [0.5, 0.6) is 0 Å². The van der Waals surface area contributed by atoms with Crippen molar-refractivity contribution in [3.8, 4) is 11.3 Å². The third-order valence-electron chi connectivity index (χ3n) is 3.94. The van der Waals surface area contributed by atoms with Gasteiger partial charge in [-0.1, -0.05) is 31.5 Å². The monoisotopic (exact) mass is 414 g/mol. The number of carbonyl (C=O) groups is 1. The number of pyridine rings is 1. The van der Waals surface area contributed by atoms with Crippen molar-refractivity contribution < 1.29 is 9.00 Å². The zero-order valence-corrected chi connectivity index (χ0v) is 17.9. The molecular formula is C22H23ClN2O2S. The van der Waals surface area contributed by atoms with Crippen LogP contribution in [0.1, 0.15) is 29.8 Å². The second-order valence-electron chi connectivity index (χ2n) is 5.79. The first kappa shape index (κ1) is 21.8. The van der Waals surface area contributed by atoms with Gasteiger partial charge >= 0.3 is 0 Å². The van der Waals surface area contributed by atoms with Crippen LogP contribution in [0.2, 0.25) is 5.02 Å². The lowest BCUT2D eigenvalue weighted by Gasteiger charge is -2.11. The summed E-state index contributed by atoms with van der Waals surface area (Å²) in [5, 5.41) is 3.45. The van der Waals surface area contributed by atoms with Gasteiger partial charge in [0.15, 0.2) is 0 Å². The molecule has 6 heteroatoms. The number of rotatable bonds is 4. The number of halogens is 1. The largest absolute Gasteiger partial charge is 0.322 e. The van der Waals surface area contributed by atoms with Gasteiger partial charge in [0.2, 0.25) is 0 Å². The molecule has 0 aliphatic rings. The van der Waals surface area contributed by atoms with Gasteiger partial charge in [0.25, 0.3) is 5.91 Å². The summed E-state index contributed by atoms with van der Waals surface area (Å²) in [6.45, 7) is 5.83. The van der Waals surface area contributed by atoms with E-state index in [1.165, 1.54) is 0 Å². The summed E-state index contributed by atoms with van der Waals surface area (Å²) in [4.78, 5) is 17.6. The number of aryl methyl sites for hydroxylation is 1. The molecule has 2 aromatic carbocycles. The lowest BCUT2D eigenvalue weighted by atomic mass is 10.1. The van der Waals surface area contributed by atoms with Crippen molar-refractivity contribution in [3.05, 3.63) is 76.9 Å². The molecule has 1 unspecified atom stereocenters. The molecular weight excluding hydrogens is 392 g/mol. The number of hydrogen-bond donors (Lipinski definition) is 1. The predicted octanol–water partition coefficient (Wildman–Crippen LogP) is 5.73. The zero-order valence-electron chi connectivity index (χ0n) is 16.3. The maximum Gasteiger partial charge on any atom is 0.255 e. The fraction of sp³-hybridized carbons (Fsp3) is 0.182. The standard InChI is InChI=1S/C20H17ClN2O2S.C2H6/c1-13-11-15(26(2)25)7-8-16(13)20(24)23-14-6-9-18(21)17(12-14)19-5-3-4-10-22-19;1-2/h3-12H,1-2H3,(H,23,24);1-2H3. The van der Waals surface area contributed by atoms with Crippen LogP contribution in [0, 0.1) is 6.92 Å². The van der Waals surface area contributed by atoms with Gasteiger partial charge < -0.3 is 5.32 Å². The van der Waals surface area contributed by atoms with Crippen LogP contribution in [-0.2, 0) is 10.8 Å². The molecule has 1 N–H and O–H groups in total. The van der Waals surface area contributed by atoms with Crippen LogP contribution < -0.4 is 5.32 Å². The van der Waals surface area contributed by atoms with Gasteiger partial charge in [0.05, 0.1) is 10.7 Å². The van der Waals surface area contributed by atoms with Crippen molar-refractivity contribution in [1.29, 1.82) is 0 Å². The molecule has 0 saturated heterocycles. The van der Waals surface area contributed by atoms with E-state index >= 15 is 0 Å². The van der Waals surface area contributed by atoms with E-state index in [1.807, 2.05) is 39.0 Å². The van der Waals surface area contributed by atoms with E-state index in [2.05, 4.69) is 10.3 Å². The lowest BCUT2D eigenvalue weighted by Crippen LogP contribution is -2.13. The summed E-state index contributed by atoms with van der Waals surface area (Å²) in [6.07, 6.45) is 3.31. The average Bonchev–Trinajstić information content (AvgIpc) is 2.71. The average molecular weight is 415 g/mol. The van der Waals surface area contributed by atoms with E-state index < -0.39 is 10.8 Å². The third kappa shape index (κ3) is 5.27. The summed E-state index contributed by atoms with van der Waals surface area (Å²) < 4.78 is 11.6. The number of benzene rings is 2. The SMILES string of the molecule is CC.Cc1cc(S(C)=O)ccc1C(=O)Nc1ccc(Cl)c(-c2ccccn2)c1. The first-order valence-corrected chi connectivity index (χ1v) is 10.9. The van der Waals surface area contributed by atoms with E-state index in [9.17, 15) is 9.00 Å². The summed E-state index contributed by atoms with van der Waals surface area (Å²) in [5.74, 6) is -0.231. The topological polar surface area (TPSA) is 59.1 Å². The molecule has 1 amide bonds. The van der Waals surface area contributed by atoms with Crippen LogP contribution in [-0.4, -0.2) is 21.4 Å². The predicted molar refractivity (Wildman–Crippen MR) is 117 cm³/mol. The molecule has 0 fully saturated rings. The fourth-order valence-electron chi connectivity index (χ4n) is 2.59. The molecule has 146 valence electrons. The summed E-state index contributed by atoms with van der Waals surface area (Å²) in [6, 6.07) is 16.0. The van der Waals surface area contributed by atoms with Crippen LogP contribution in [0.25, 0.3) is 11.3 Å². The van der Waals surface area contributed by atoms with Gasteiger partial charge in [0.1, 0.15) is 0 Å². The fourth-order valence-corrected chi connectivity index (χ4v) is 3.41. The number of amides is 1. The molecule has 1 aromatic heterocycles. The first-order valence-electron chi connectivity index (χ1n) is 8.92. The second kappa shape index (κ2) is 10.2.